The summed E-state index contributed by atoms with van der Waals surface area (Å²) in [6.07, 6.45) is 23.2. The summed E-state index contributed by atoms with van der Waals surface area (Å²) < 4.78 is 6.16. The molecule has 0 unspecified atom stereocenters. The molecule has 1 nitrogen and oxygen atoms in total. The van der Waals surface area contributed by atoms with Crippen molar-refractivity contribution in [3.63, 3.8) is 0 Å². The van der Waals surface area contributed by atoms with E-state index in [4.69, 9.17) is 0 Å². The van der Waals surface area contributed by atoms with Crippen LogP contribution >= 0.6 is 15.9 Å². The van der Waals surface area contributed by atoms with Crippen molar-refractivity contribution in [2.75, 3.05) is 6.54 Å². The van der Waals surface area contributed by atoms with Gasteiger partial charge in [0.2, 0.25) is 0 Å². The van der Waals surface area contributed by atoms with Gasteiger partial charge in [0, 0.05) is 0 Å². The van der Waals surface area contributed by atoms with E-state index in [1.807, 2.05) is 0 Å². The van der Waals surface area contributed by atoms with Crippen LogP contribution in [0.1, 0.15) is 110 Å². The van der Waals surface area contributed by atoms with E-state index in [1.165, 1.54) is 114 Å². The first-order valence-electron chi connectivity index (χ1n) is 10.5. The molecule has 0 saturated carbocycles. The number of hydrogen-bond donors (Lipinski definition) is 0. The Kier molecular flexibility index (Phi) is 16.2. The van der Waals surface area contributed by atoms with E-state index in [2.05, 4.69) is 35.9 Å². The molecule has 0 amide bonds. The topological polar surface area (TPSA) is 3.24 Å². The fourth-order valence-corrected chi connectivity index (χ4v) is 6.95. The van der Waals surface area contributed by atoms with Crippen LogP contribution in [0.15, 0.2) is 8.63 Å². The average Bonchev–Trinajstić information content (AvgIpc) is 2.99. The third kappa shape index (κ3) is 13.0. The molecule has 0 aliphatic carbocycles. The van der Waals surface area contributed by atoms with Gasteiger partial charge >= 0.3 is 119 Å². The minimum absolute atomic E-state index is 0.117. The third-order valence-corrected chi connectivity index (χ3v) is 8.95. The second-order valence-corrected chi connectivity index (χ2v) is 10.3. The molecule has 0 N–H and O–H groups in total. The molecular formula is C21H39BrNSb. The van der Waals surface area contributed by atoms with Crippen molar-refractivity contribution >= 4 is 41.1 Å². The summed E-state index contributed by atoms with van der Waals surface area (Å²) in [4.78, 5) is 2.42. The van der Waals surface area contributed by atoms with Crippen LogP contribution < -0.4 is 0 Å². The first-order chi connectivity index (χ1) is 11.8. The van der Waals surface area contributed by atoms with Crippen LogP contribution in [0, 0.1) is 0 Å². The summed E-state index contributed by atoms with van der Waals surface area (Å²) in [6, 6.07) is 0. The van der Waals surface area contributed by atoms with Gasteiger partial charge in [-0.15, -0.1) is 0 Å². The van der Waals surface area contributed by atoms with Crippen molar-refractivity contribution in [1.82, 2.24) is 4.90 Å². The second kappa shape index (κ2) is 17.1. The molecule has 0 spiro atoms. The molecule has 1 aliphatic heterocycles. The van der Waals surface area contributed by atoms with Gasteiger partial charge in [0.25, 0.3) is 0 Å². The van der Waals surface area contributed by atoms with Crippen molar-refractivity contribution < 1.29 is 0 Å². The Balaban J connectivity index is 1.69. The van der Waals surface area contributed by atoms with Crippen LogP contribution in [0.25, 0.3) is 0 Å². The van der Waals surface area contributed by atoms with Crippen molar-refractivity contribution in [2.45, 2.75) is 110 Å². The molecule has 24 heavy (non-hydrogen) atoms. The van der Waals surface area contributed by atoms with Crippen molar-refractivity contribution in [1.29, 1.82) is 0 Å². The van der Waals surface area contributed by atoms with Crippen molar-refractivity contribution in [3.05, 3.63) is 8.63 Å². The summed E-state index contributed by atoms with van der Waals surface area (Å²) in [5.74, 6) is 0. The molecule has 3 heteroatoms. The molecule has 0 aromatic heterocycles. The van der Waals surface area contributed by atoms with E-state index >= 15 is 0 Å². The van der Waals surface area contributed by atoms with Crippen LogP contribution in [-0.2, 0) is 0 Å². The maximum absolute atomic E-state index is 3.65. The average molecular weight is 507 g/mol. The summed E-state index contributed by atoms with van der Waals surface area (Å²) in [6.45, 7) is 3.52. The molecule has 1 aliphatic rings. The quantitative estimate of drug-likeness (QED) is 0.114. The summed E-state index contributed by atoms with van der Waals surface area (Å²) >= 11 is 3.53. The Morgan fingerprint density at radius 1 is 0.708 bits per heavy atom. The zero-order valence-electron chi connectivity index (χ0n) is 15.9. The van der Waals surface area contributed by atoms with Gasteiger partial charge in [-0.3, -0.25) is 0 Å². The van der Waals surface area contributed by atoms with Crippen LogP contribution in [0.4, 0.5) is 0 Å². The van der Waals surface area contributed by atoms with Gasteiger partial charge < -0.3 is 0 Å². The first kappa shape index (κ1) is 22.7. The van der Waals surface area contributed by atoms with Gasteiger partial charge in [-0.2, -0.15) is 0 Å². The summed E-state index contributed by atoms with van der Waals surface area (Å²) in [5, 5.41) is 0. The number of halogens is 1. The molecule has 0 saturated heterocycles. The standard InChI is InChI=1S/C21H39BrN.Sb/c1-4-5-6-7-8-9-10-11-12-13-14-15-16-17-18-19-20-23(3)21(2)22;/h2-3H,4-20H2,1H3;. The van der Waals surface area contributed by atoms with E-state index in [0.717, 1.165) is 0 Å². The second-order valence-electron chi connectivity index (χ2n) is 7.21. The SMILES string of the molecule is CCCCCCCCCCCCCCCCCCN1[CH]=[Sb][CH]=C1Br. The number of rotatable bonds is 17. The Morgan fingerprint density at radius 3 is 1.50 bits per heavy atom. The number of unbranched alkanes of at least 4 members (excludes halogenated alkanes) is 15. The monoisotopic (exact) mass is 505 g/mol. The predicted octanol–water partition coefficient (Wildman–Crippen LogP) is 7.22. The Labute approximate surface area is 170 Å². The van der Waals surface area contributed by atoms with Crippen molar-refractivity contribution in [3.8, 4) is 0 Å². The van der Waals surface area contributed by atoms with Crippen molar-refractivity contribution in [2.24, 2.45) is 0 Å². The van der Waals surface area contributed by atoms with Crippen LogP contribution in [0.3, 0.4) is 0 Å². The van der Waals surface area contributed by atoms with Gasteiger partial charge in [0.15, 0.2) is 0 Å². The Hall–Kier alpha value is 0.708. The molecule has 0 aromatic carbocycles. The Morgan fingerprint density at radius 2 is 1.12 bits per heavy atom. The van der Waals surface area contributed by atoms with Gasteiger partial charge in [0.1, 0.15) is 0 Å². The zero-order chi connectivity index (χ0) is 17.3. The van der Waals surface area contributed by atoms with E-state index in [1.54, 1.807) is 0 Å². The molecule has 0 aromatic rings. The minimum atomic E-state index is -0.117. The molecular weight excluding hydrogens is 468 g/mol. The zero-order valence-corrected chi connectivity index (χ0v) is 20.1. The molecule has 0 atom stereocenters. The van der Waals surface area contributed by atoms with Gasteiger partial charge in [-0.1, -0.05) is 51.9 Å². The predicted molar refractivity (Wildman–Crippen MR) is 115 cm³/mol. The van der Waals surface area contributed by atoms with E-state index in [0.29, 0.717) is 0 Å². The number of nitrogens with zero attached hydrogens (tertiary/aromatic N) is 1. The fraction of sp³-hybridized carbons (Fsp3) is 0.857. The van der Waals surface area contributed by atoms with Gasteiger partial charge in [0.05, 0.1) is 0 Å². The molecule has 140 valence electrons. The Bertz CT molecular complexity index is 341. The van der Waals surface area contributed by atoms with Crippen LogP contribution in [-0.4, -0.2) is 36.7 Å². The third-order valence-electron chi connectivity index (χ3n) is 4.91. The summed E-state index contributed by atoms with van der Waals surface area (Å²) in [5.41, 5.74) is 0. The molecule has 0 fully saturated rings. The van der Waals surface area contributed by atoms with Crippen LogP contribution in [0.5, 0.6) is 0 Å². The summed E-state index contributed by atoms with van der Waals surface area (Å²) in [7, 11) is 0. The van der Waals surface area contributed by atoms with E-state index in [9.17, 15) is 0 Å². The number of hydrogen-bond acceptors (Lipinski definition) is 1. The van der Waals surface area contributed by atoms with Crippen LogP contribution in [0.2, 0.25) is 0 Å². The van der Waals surface area contributed by atoms with Gasteiger partial charge in [-0.25, -0.2) is 0 Å². The van der Waals surface area contributed by atoms with E-state index < -0.39 is 0 Å². The van der Waals surface area contributed by atoms with E-state index in [-0.39, 0.29) is 21.1 Å². The molecule has 0 radical (unpaired) electrons. The first-order valence-corrected chi connectivity index (χ1v) is 14.2. The fourth-order valence-electron chi connectivity index (χ4n) is 3.30. The van der Waals surface area contributed by atoms with Gasteiger partial charge in [-0.05, 0) is 0 Å². The molecule has 0 bridgehead atoms. The maximum atomic E-state index is 3.65. The molecule has 1 heterocycles. The molecule has 1 rings (SSSR count). The normalized spacial score (nSPS) is 13.8.